The molecular formula is C23H37B9O. The zero-order valence-corrected chi connectivity index (χ0v) is 22.5. The normalized spacial score (nSPS) is 13.0. The predicted molar refractivity (Wildman–Crippen MR) is 162 cm³/mol. The van der Waals surface area contributed by atoms with Gasteiger partial charge in [0.25, 0.3) is 0 Å². The van der Waals surface area contributed by atoms with Gasteiger partial charge in [0.2, 0.25) is 0 Å². The standard InChI is InChI=1S/C8H13B3O.C8H13B3.C7H11B3/c1-4-12-11-6-8(3)7(2)5-10-9;1-4-10-5-7(2)8(3)6-11-9;1-6(4-9-3)7(2)5-10-8/h5-6H,4H2,1-3H3;5-6H,4H2,1-3H3;4-5H,1-3H3/b2*7-5+,8-6+;6-4+,7-5+. The fourth-order valence-corrected chi connectivity index (χ4v) is 2.01. The van der Waals surface area contributed by atoms with Gasteiger partial charge < -0.3 is 4.65 Å². The molecular weight excluding hydrogens is 390 g/mol. The first kappa shape index (κ1) is 36.6. The van der Waals surface area contributed by atoms with Crippen molar-refractivity contribution >= 4 is 66.8 Å². The molecule has 0 aliphatic carbocycles. The zero-order valence-electron chi connectivity index (χ0n) is 22.5. The quantitative estimate of drug-likeness (QED) is 0.257. The van der Waals surface area contributed by atoms with Crippen LogP contribution in [0.4, 0.5) is 0 Å². The van der Waals surface area contributed by atoms with Gasteiger partial charge in [-0.25, -0.2) is 0 Å². The predicted octanol–water partition coefficient (Wildman–Crippen LogP) is 4.30. The van der Waals surface area contributed by atoms with E-state index < -0.39 is 0 Å². The molecule has 0 aliphatic rings. The number of rotatable bonds is 12. The summed E-state index contributed by atoms with van der Waals surface area (Å²) in [7, 11) is 26.3. The Labute approximate surface area is 215 Å². The van der Waals surface area contributed by atoms with Crippen LogP contribution < -0.4 is 0 Å². The molecule has 0 heterocycles. The fraction of sp³-hybridized carbons (Fsp3) is 0.478. The summed E-state index contributed by atoms with van der Waals surface area (Å²) in [6, 6.07) is 0. The molecule has 0 aromatic carbocycles. The molecule has 0 unspecified atom stereocenters. The number of allylic oxidation sites excluding steroid dienone is 6. The SMILES string of the molecule is [B][B]/C=C(C)/C(C)=C/[B]C.[B][B]/C=C(C)/C(C)=C/[B]CC.[B][B]/C=C(C)/C(C)=C/[B]OCC. The molecule has 1 nitrogen and oxygen atoms in total. The van der Waals surface area contributed by atoms with Crippen molar-refractivity contribution in [2.24, 2.45) is 0 Å². The Kier molecular flexibility index (Phi) is 30.2. The first-order valence-electron chi connectivity index (χ1n) is 11.4. The molecule has 0 fully saturated rings. The lowest BCUT2D eigenvalue weighted by molar-refractivity contribution is 0.366. The lowest BCUT2D eigenvalue weighted by atomic mass is 9.55. The van der Waals surface area contributed by atoms with Gasteiger partial charge in [0.1, 0.15) is 14.6 Å². The highest BCUT2D eigenvalue weighted by Gasteiger charge is 1.92. The second-order valence-corrected chi connectivity index (χ2v) is 7.24. The summed E-state index contributed by atoms with van der Waals surface area (Å²) in [6.45, 7) is 19.1. The van der Waals surface area contributed by atoms with Crippen LogP contribution in [0.1, 0.15) is 55.4 Å². The number of hydrogen-bond acceptors (Lipinski definition) is 1. The molecule has 10 heteroatoms. The van der Waals surface area contributed by atoms with Crippen LogP contribution >= 0.6 is 0 Å². The van der Waals surface area contributed by atoms with Crippen LogP contribution in [-0.2, 0) is 4.65 Å². The third kappa shape index (κ3) is 25.4. The molecule has 0 aromatic rings. The first-order valence-corrected chi connectivity index (χ1v) is 11.4. The largest absolute Gasteiger partial charge is 0.435 e. The fourth-order valence-electron chi connectivity index (χ4n) is 2.01. The van der Waals surface area contributed by atoms with Gasteiger partial charge in [0, 0.05) is 29.8 Å². The Morgan fingerprint density at radius 2 is 0.970 bits per heavy atom. The monoisotopic (exact) mass is 428 g/mol. The summed E-state index contributed by atoms with van der Waals surface area (Å²) in [5.41, 5.74) is 7.26. The van der Waals surface area contributed by atoms with Crippen molar-refractivity contribution in [2.75, 3.05) is 6.61 Å². The van der Waals surface area contributed by atoms with Gasteiger partial charge in [0.05, 0.1) is 21.5 Å². The van der Waals surface area contributed by atoms with E-state index in [1.54, 1.807) is 21.8 Å². The highest BCUT2D eigenvalue weighted by Crippen LogP contribution is 2.07. The average molecular weight is 427 g/mol. The summed E-state index contributed by atoms with van der Waals surface area (Å²) in [5, 5.41) is 0. The van der Waals surface area contributed by atoms with Gasteiger partial charge in [-0.15, -0.1) is 29.9 Å². The summed E-state index contributed by atoms with van der Waals surface area (Å²) in [6.07, 6.45) is 1.08. The minimum absolute atomic E-state index is 0.704. The smallest absolute Gasteiger partial charge is 0.322 e. The number of hydrogen-bond donors (Lipinski definition) is 0. The van der Waals surface area contributed by atoms with E-state index in [1.165, 1.54) is 29.5 Å². The van der Waals surface area contributed by atoms with Crippen LogP contribution in [-0.4, -0.2) is 73.4 Å². The van der Waals surface area contributed by atoms with Crippen molar-refractivity contribution in [3.63, 3.8) is 0 Å². The lowest BCUT2D eigenvalue weighted by Crippen LogP contribution is -1.96. The molecule has 0 aliphatic heterocycles. The molecule has 0 amide bonds. The van der Waals surface area contributed by atoms with E-state index in [4.69, 9.17) is 27.9 Å². The molecule has 0 N–H and O–H groups in total. The third-order valence-corrected chi connectivity index (χ3v) is 4.51. The molecule has 0 atom stereocenters. The Balaban J connectivity index is -0.000000411. The molecule has 0 saturated carbocycles. The van der Waals surface area contributed by atoms with Crippen LogP contribution in [0, 0.1) is 0 Å². The summed E-state index contributed by atoms with van der Waals surface area (Å²) < 4.78 is 5.06. The van der Waals surface area contributed by atoms with Gasteiger partial charge in [-0.3, -0.25) is 0 Å². The van der Waals surface area contributed by atoms with Gasteiger partial charge in [-0.1, -0.05) is 59.5 Å². The minimum atomic E-state index is 0.704. The molecule has 0 rings (SSSR count). The van der Waals surface area contributed by atoms with Crippen molar-refractivity contribution in [2.45, 2.75) is 68.5 Å². The van der Waals surface area contributed by atoms with Crippen LogP contribution in [0.5, 0.6) is 0 Å². The zero-order chi connectivity index (χ0) is 26.1. The maximum absolute atomic E-state index is 5.26. The lowest BCUT2D eigenvalue weighted by Gasteiger charge is -2.00. The highest BCUT2D eigenvalue weighted by atomic mass is 16.4. The van der Waals surface area contributed by atoms with Gasteiger partial charge in [-0.2, -0.15) is 0 Å². The van der Waals surface area contributed by atoms with Gasteiger partial charge in [0.15, 0.2) is 0 Å². The van der Waals surface area contributed by atoms with Crippen molar-refractivity contribution < 1.29 is 4.65 Å². The topological polar surface area (TPSA) is 9.23 Å². The second-order valence-electron chi connectivity index (χ2n) is 7.24. The van der Waals surface area contributed by atoms with E-state index in [-0.39, 0.29) is 0 Å². The van der Waals surface area contributed by atoms with Gasteiger partial charge >= 0.3 is 7.48 Å². The Bertz CT molecular complexity index is 645. The van der Waals surface area contributed by atoms with Crippen LogP contribution in [0.2, 0.25) is 13.1 Å². The van der Waals surface area contributed by atoms with Crippen molar-refractivity contribution in [3.05, 3.63) is 69.3 Å². The van der Waals surface area contributed by atoms with Crippen molar-refractivity contribution in [1.29, 1.82) is 0 Å². The van der Waals surface area contributed by atoms with Crippen LogP contribution in [0.15, 0.2) is 69.3 Å². The molecule has 0 bridgehead atoms. The van der Waals surface area contributed by atoms with Crippen molar-refractivity contribution in [3.8, 4) is 0 Å². The van der Waals surface area contributed by atoms with E-state index in [2.05, 4.69) is 46.9 Å². The second kappa shape index (κ2) is 27.2. The summed E-state index contributed by atoms with van der Waals surface area (Å²) in [5.74, 6) is 11.8. The van der Waals surface area contributed by atoms with E-state index in [0.717, 1.165) is 17.5 Å². The summed E-state index contributed by atoms with van der Waals surface area (Å²) in [4.78, 5) is 0. The Morgan fingerprint density at radius 3 is 1.30 bits per heavy atom. The molecule has 33 heavy (non-hydrogen) atoms. The van der Waals surface area contributed by atoms with Gasteiger partial charge in [-0.05, 0) is 48.5 Å². The van der Waals surface area contributed by atoms with E-state index >= 15 is 0 Å². The Morgan fingerprint density at radius 1 is 0.606 bits per heavy atom. The molecule has 0 spiro atoms. The highest BCUT2D eigenvalue weighted by molar-refractivity contribution is 6.93. The third-order valence-electron chi connectivity index (χ3n) is 4.51. The van der Waals surface area contributed by atoms with E-state index in [0.29, 0.717) is 6.61 Å². The average Bonchev–Trinajstić information content (AvgIpc) is 2.79. The Hall–Kier alpha value is -1.02. The van der Waals surface area contributed by atoms with Crippen LogP contribution in [0.3, 0.4) is 0 Å². The molecule has 0 saturated heterocycles. The summed E-state index contributed by atoms with van der Waals surface area (Å²) >= 11 is 0. The molecule has 162 valence electrons. The molecule has 12 radical (unpaired) electrons. The van der Waals surface area contributed by atoms with E-state index in [1.807, 2.05) is 65.7 Å². The maximum atomic E-state index is 5.26. The minimum Gasteiger partial charge on any atom is -0.435 e. The van der Waals surface area contributed by atoms with E-state index in [9.17, 15) is 0 Å². The van der Waals surface area contributed by atoms with Crippen LogP contribution in [0.25, 0.3) is 0 Å². The molecule has 0 aromatic heterocycles. The first-order chi connectivity index (χ1) is 15.7. The van der Waals surface area contributed by atoms with Crippen molar-refractivity contribution in [1.82, 2.24) is 0 Å². The maximum Gasteiger partial charge on any atom is 0.322 e.